The first-order valence-corrected chi connectivity index (χ1v) is 7.22. The SMILES string of the molecule is N#Cc1ccccc1Nc1nccc(NCc2ccccc2)n1. The van der Waals surface area contributed by atoms with E-state index in [2.05, 4.69) is 38.8 Å². The number of benzene rings is 2. The van der Waals surface area contributed by atoms with Crippen molar-refractivity contribution in [3.63, 3.8) is 0 Å². The molecule has 3 aromatic rings. The van der Waals surface area contributed by atoms with Gasteiger partial charge in [0.25, 0.3) is 0 Å². The molecular formula is C18H15N5. The largest absolute Gasteiger partial charge is 0.366 e. The highest BCUT2D eigenvalue weighted by Gasteiger charge is 2.04. The number of nitrogens with one attached hydrogen (secondary N) is 2. The molecule has 0 amide bonds. The van der Waals surface area contributed by atoms with Gasteiger partial charge in [-0.05, 0) is 23.8 Å². The molecule has 1 aromatic heterocycles. The molecule has 112 valence electrons. The number of hydrogen-bond acceptors (Lipinski definition) is 5. The zero-order valence-electron chi connectivity index (χ0n) is 12.4. The van der Waals surface area contributed by atoms with Crippen LogP contribution in [0.1, 0.15) is 11.1 Å². The van der Waals surface area contributed by atoms with E-state index >= 15 is 0 Å². The van der Waals surface area contributed by atoms with E-state index in [4.69, 9.17) is 5.26 Å². The molecular weight excluding hydrogens is 286 g/mol. The van der Waals surface area contributed by atoms with Crippen molar-refractivity contribution in [3.8, 4) is 6.07 Å². The second kappa shape index (κ2) is 7.05. The summed E-state index contributed by atoms with van der Waals surface area (Å²) in [6.45, 7) is 0.687. The molecule has 0 saturated carbocycles. The Morgan fingerprint density at radius 2 is 1.74 bits per heavy atom. The molecule has 1 heterocycles. The van der Waals surface area contributed by atoms with Crippen LogP contribution >= 0.6 is 0 Å². The molecule has 2 N–H and O–H groups in total. The lowest BCUT2D eigenvalue weighted by Gasteiger charge is -2.09. The summed E-state index contributed by atoms with van der Waals surface area (Å²) in [4.78, 5) is 8.61. The predicted molar refractivity (Wildman–Crippen MR) is 90.2 cm³/mol. The van der Waals surface area contributed by atoms with E-state index in [9.17, 15) is 0 Å². The summed E-state index contributed by atoms with van der Waals surface area (Å²) >= 11 is 0. The minimum absolute atomic E-state index is 0.450. The summed E-state index contributed by atoms with van der Waals surface area (Å²) in [5.74, 6) is 1.17. The topological polar surface area (TPSA) is 73.6 Å². The Morgan fingerprint density at radius 3 is 2.57 bits per heavy atom. The first kappa shape index (κ1) is 14.5. The van der Waals surface area contributed by atoms with E-state index in [-0.39, 0.29) is 0 Å². The Kier molecular flexibility index (Phi) is 4.46. The van der Waals surface area contributed by atoms with Crippen molar-refractivity contribution in [2.45, 2.75) is 6.54 Å². The molecule has 0 spiro atoms. The Labute approximate surface area is 134 Å². The molecule has 0 aliphatic rings. The van der Waals surface area contributed by atoms with E-state index in [1.54, 1.807) is 12.3 Å². The fourth-order valence-electron chi connectivity index (χ4n) is 2.12. The number of para-hydroxylation sites is 1. The normalized spacial score (nSPS) is 9.87. The van der Waals surface area contributed by atoms with Crippen LogP contribution in [0.3, 0.4) is 0 Å². The van der Waals surface area contributed by atoms with Crippen LogP contribution in [-0.4, -0.2) is 9.97 Å². The van der Waals surface area contributed by atoms with Crippen LogP contribution < -0.4 is 10.6 Å². The maximum absolute atomic E-state index is 9.12. The monoisotopic (exact) mass is 301 g/mol. The Morgan fingerprint density at radius 1 is 0.957 bits per heavy atom. The van der Waals surface area contributed by atoms with Gasteiger partial charge in [0.05, 0.1) is 11.3 Å². The average molecular weight is 301 g/mol. The summed E-state index contributed by atoms with van der Waals surface area (Å²) in [7, 11) is 0. The fraction of sp³-hybridized carbons (Fsp3) is 0.0556. The van der Waals surface area contributed by atoms with Gasteiger partial charge < -0.3 is 10.6 Å². The highest BCUT2D eigenvalue weighted by Crippen LogP contribution is 2.18. The Bertz CT molecular complexity index is 824. The first-order valence-electron chi connectivity index (χ1n) is 7.22. The van der Waals surface area contributed by atoms with Crippen molar-refractivity contribution in [3.05, 3.63) is 78.0 Å². The number of nitriles is 1. The van der Waals surface area contributed by atoms with Crippen molar-refractivity contribution >= 4 is 17.5 Å². The van der Waals surface area contributed by atoms with Crippen LogP contribution in [0.4, 0.5) is 17.5 Å². The lowest BCUT2D eigenvalue weighted by atomic mass is 10.2. The van der Waals surface area contributed by atoms with Gasteiger partial charge in [-0.1, -0.05) is 42.5 Å². The first-order chi connectivity index (χ1) is 11.3. The lowest BCUT2D eigenvalue weighted by Crippen LogP contribution is -2.04. The van der Waals surface area contributed by atoms with Crippen molar-refractivity contribution in [2.24, 2.45) is 0 Å². The second-order valence-corrected chi connectivity index (χ2v) is 4.89. The van der Waals surface area contributed by atoms with E-state index in [1.165, 1.54) is 5.56 Å². The maximum atomic E-state index is 9.12. The molecule has 0 atom stereocenters. The highest BCUT2D eigenvalue weighted by molar-refractivity contribution is 5.63. The lowest BCUT2D eigenvalue weighted by molar-refractivity contribution is 1.08. The number of anilines is 3. The van der Waals surface area contributed by atoms with Crippen LogP contribution in [0.25, 0.3) is 0 Å². The van der Waals surface area contributed by atoms with Crippen molar-refractivity contribution < 1.29 is 0 Å². The van der Waals surface area contributed by atoms with Crippen LogP contribution in [0.15, 0.2) is 66.9 Å². The Hall–Kier alpha value is -3.39. The van der Waals surface area contributed by atoms with Crippen LogP contribution in [-0.2, 0) is 6.54 Å². The van der Waals surface area contributed by atoms with Crippen LogP contribution in [0.2, 0.25) is 0 Å². The number of rotatable bonds is 5. The third-order valence-electron chi connectivity index (χ3n) is 3.27. The summed E-state index contributed by atoms with van der Waals surface area (Å²) in [6, 6.07) is 21.3. The van der Waals surface area contributed by atoms with Crippen LogP contribution in [0.5, 0.6) is 0 Å². The molecule has 0 aliphatic heterocycles. The molecule has 0 radical (unpaired) electrons. The van der Waals surface area contributed by atoms with Gasteiger partial charge in [-0.2, -0.15) is 10.2 Å². The zero-order chi connectivity index (χ0) is 15.9. The van der Waals surface area contributed by atoms with Gasteiger partial charge in [0.15, 0.2) is 0 Å². The minimum Gasteiger partial charge on any atom is -0.366 e. The fourth-order valence-corrected chi connectivity index (χ4v) is 2.12. The maximum Gasteiger partial charge on any atom is 0.229 e. The average Bonchev–Trinajstić information content (AvgIpc) is 2.62. The van der Waals surface area contributed by atoms with Crippen molar-refractivity contribution in [2.75, 3.05) is 10.6 Å². The molecule has 5 nitrogen and oxygen atoms in total. The van der Waals surface area contributed by atoms with Crippen LogP contribution in [0, 0.1) is 11.3 Å². The minimum atomic E-state index is 0.450. The molecule has 0 fully saturated rings. The van der Waals surface area contributed by atoms with Gasteiger partial charge in [0.1, 0.15) is 11.9 Å². The second-order valence-electron chi connectivity index (χ2n) is 4.89. The molecule has 0 saturated heterocycles. The molecule has 0 bridgehead atoms. The van der Waals surface area contributed by atoms with Gasteiger partial charge >= 0.3 is 0 Å². The standard InChI is InChI=1S/C18H15N5/c19-12-15-8-4-5-9-16(15)22-18-20-11-10-17(23-18)21-13-14-6-2-1-3-7-14/h1-11H,13H2,(H2,20,21,22,23). The quantitative estimate of drug-likeness (QED) is 0.751. The number of aromatic nitrogens is 2. The highest BCUT2D eigenvalue weighted by atomic mass is 15.1. The van der Waals surface area contributed by atoms with Crippen molar-refractivity contribution in [1.82, 2.24) is 9.97 Å². The summed E-state index contributed by atoms with van der Waals surface area (Å²) in [5.41, 5.74) is 2.42. The van der Waals surface area contributed by atoms with Gasteiger partial charge in [0, 0.05) is 12.7 Å². The number of nitrogens with zero attached hydrogens (tertiary/aromatic N) is 3. The van der Waals surface area contributed by atoms with Gasteiger partial charge in [-0.25, -0.2) is 4.98 Å². The third-order valence-corrected chi connectivity index (χ3v) is 3.27. The smallest absolute Gasteiger partial charge is 0.229 e. The Balaban J connectivity index is 1.71. The molecule has 0 unspecified atom stereocenters. The number of hydrogen-bond donors (Lipinski definition) is 2. The van der Waals surface area contributed by atoms with Gasteiger partial charge in [-0.15, -0.1) is 0 Å². The van der Waals surface area contributed by atoms with Gasteiger partial charge in [0.2, 0.25) is 5.95 Å². The van der Waals surface area contributed by atoms with E-state index in [0.29, 0.717) is 23.7 Å². The molecule has 0 aliphatic carbocycles. The molecule has 23 heavy (non-hydrogen) atoms. The van der Waals surface area contributed by atoms with E-state index in [0.717, 1.165) is 5.82 Å². The van der Waals surface area contributed by atoms with E-state index < -0.39 is 0 Å². The molecule has 2 aromatic carbocycles. The summed E-state index contributed by atoms with van der Waals surface area (Å²) in [5, 5.41) is 15.5. The molecule has 5 heteroatoms. The summed E-state index contributed by atoms with van der Waals surface area (Å²) in [6.07, 6.45) is 1.68. The summed E-state index contributed by atoms with van der Waals surface area (Å²) < 4.78 is 0. The van der Waals surface area contributed by atoms with E-state index in [1.807, 2.05) is 42.5 Å². The van der Waals surface area contributed by atoms with Gasteiger partial charge in [-0.3, -0.25) is 0 Å². The zero-order valence-corrected chi connectivity index (χ0v) is 12.4. The molecule has 3 rings (SSSR count). The predicted octanol–water partition coefficient (Wildman–Crippen LogP) is 3.70. The third kappa shape index (κ3) is 3.83. The van der Waals surface area contributed by atoms with Crippen molar-refractivity contribution in [1.29, 1.82) is 5.26 Å².